The van der Waals surface area contributed by atoms with E-state index in [9.17, 15) is 4.79 Å². The van der Waals surface area contributed by atoms with Crippen molar-refractivity contribution in [2.24, 2.45) is 0 Å². The van der Waals surface area contributed by atoms with Gasteiger partial charge in [-0.2, -0.15) is 5.10 Å². The molecule has 28 heavy (non-hydrogen) atoms. The fourth-order valence-corrected chi connectivity index (χ4v) is 3.22. The van der Waals surface area contributed by atoms with Crippen LogP contribution in [0.15, 0.2) is 49.1 Å². The van der Waals surface area contributed by atoms with Crippen LogP contribution < -0.4 is 5.32 Å². The number of hydrogen-bond acceptors (Lipinski definition) is 6. The van der Waals surface area contributed by atoms with Gasteiger partial charge in [-0.05, 0) is 24.7 Å². The number of piperazine rings is 1. The van der Waals surface area contributed by atoms with E-state index in [0.29, 0.717) is 22.6 Å². The predicted octanol–water partition coefficient (Wildman–Crippen LogP) is 1.87. The highest BCUT2D eigenvalue weighted by Gasteiger charge is 2.15. The van der Waals surface area contributed by atoms with Gasteiger partial charge in [0.2, 0.25) is 0 Å². The molecule has 4 rings (SSSR count). The number of hydrogen-bond donors (Lipinski definition) is 2. The molecule has 0 atom stereocenters. The third kappa shape index (κ3) is 4.24. The van der Waals surface area contributed by atoms with Crippen LogP contribution >= 0.6 is 0 Å². The molecule has 8 nitrogen and oxygen atoms in total. The minimum atomic E-state index is -0.183. The SMILES string of the molecule is CN1CCN(Cc2ccc(C(=O)Nc3cn[nH]c3-c3cnccn3)cc2)CC1. The van der Waals surface area contributed by atoms with E-state index in [1.165, 1.54) is 5.56 Å². The summed E-state index contributed by atoms with van der Waals surface area (Å²) in [4.78, 5) is 25.7. The Bertz CT molecular complexity index is 915. The molecule has 144 valence electrons. The maximum atomic E-state index is 12.6. The number of H-pyrrole nitrogens is 1. The Kier molecular flexibility index (Phi) is 5.41. The number of likely N-dealkylation sites (N-methyl/N-ethyl adjacent to an activating group) is 1. The van der Waals surface area contributed by atoms with Crippen LogP contribution in [-0.2, 0) is 6.54 Å². The van der Waals surface area contributed by atoms with Crippen molar-refractivity contribution in [3.63, 3.8) is 0 Å². The molecule has 0 radical (unpaired) electrons. The number of amides is 1. The normalized spacial score (nSPS) is 15.5. The van der Waals surface area contributed by atoms with Crippen molar-refractivity contribution >= 4 is 11.6 Å². The summed E-state index contributed by atoms with van der Waals surface area (Å²) >= 11 is 0. The Morgan fingerprint density at radius 1 is 1.11 bits per heavy atom. The zero-order valence-electron chi connectivity index (χ0n) is 15.8. The van der Waals surface area contributed by atoms with Gasteiger partial charge in [0.15, 0.2) is 0 Å². The largest absolute Gasteiger partial charge is 0.319 e. The quantitative estimate of drug-likeness (QED) is 0.705. The monoisotopic (exact) mass is 377 g/mol. The number of aromatic amines is 1. The maximum absolute atomic E-state index is 12.6. The molecule has 1 aliphatic heterocycles. The van der Waals surface area contributed by atoms with Crippen molar-refractivity contribution in [3.05, 3.63) is 60.2 Å². The minimum absolute atomic E-state index is 0.183. The van der Waals surface area contributed by atoms with Crippen LogP contribution in [0.5, 0.6) is 0 Å². The lowest BCUT2D eigenvalue weighted by Gasteiger charge is -2.32. The number of carbonyl (C=O) groups is 1. The standard InChI is InChI=1S/C20H23N7O/c1-26-8-10-27(11-9-26)14-15-2-4-16(5-3-15)20(28)24-18-13-23-25-19(18)17-12-21-6-7-22-17/h2-7,12-13H,8-11,14H2,1H3,(H,23,25)(H,24,28). The molecule has 0 aliphatic carbocycles. The van der Waals surface area contributed by atoms with E-state index in [-0.39, 0.29) is 5.91 Å². The Morgan fingerprint density at radius 3 is 2.61 bits per heavy atom. The summed E-state index contributed by atoms with van der Waals surface area (Å²) in [5.41, 5.74) is 3.65. The molecule has 0 saturated carbocycles. The highest BCUT2D eigenvalue weighted by atomic mass is 16.1. The molecule has 2 N–H and O–H groups in total. The van der Waals surface area contributed by atoms with Crippen molar-refractivity contribution in [1.82, 2.24) is 30.0 Å². The molecule has 1 amide bonds. The smallest absolute Gasteiger partial charge is 0.255 e. The number of rotatable bonds is 5. The second-order valence-corrected chi connectivity index (χ2v) is 6.98. The van der Waals surface area contributed by atoms with E-state index >= 15 is 0 Å². The second kappa shape index (κ2) is 8.28. The minimum Gasteiger partial charge on any atom is -0.319 e. The molecular formula is C20H23N7O. The Morgan fingerprint density at radius 2 is 1.89 bits per heavy atom. The van der Waals surface area contributed by atoms with Crippen LogP contribution in [0.3, 0.4) is 0 Å². The number of aromatic nitrogens is 4. The lowest BCUT2D eigenvalue weighted by Crippen LogP contribution is -2.43. The van der Waals surface area contributed by atoms with Gasteiger partial charge in [-0.1, -0.05) is 12.1 Å². The number of anilines is 1. The summed E-state index contributed by atoms with van der Waals surface area (Å²) in [7, 11) is 2.15. The van der Waals surface area contributed by atoms with Gasteiger partial charge in [0.1, 0.15) is 11.4 Å². The third-order valence-corrected chi connectivity index (χ3v) is 4.93. The van der Waals surface area contributed by atoms with E-state index in [2.05, 4.69) is 42.3 Å². The molecule has 2 aromatic heterocycles. The Balaban J connectivity index is 1.40. The molecule has 0 unspecified atom stereocenters. The summed E-state index contributed by atoms with van der Waals surface area (Å²) in [5, 5.41) is 9.77. The van der Waals surface area contributed by atoms with Crippen molar-refractivity contribution in [3.8, 4) is 11.4 Å². The molecule has 0 spiro atoms. The first-order valence-electron chi connectivity index (χ1n) is 9.30. The molecule has 1 saturated heterocycles. The molecule has 1 aliphatic rings. The Hall–Kier alpha value is -3.10. The summed E-state index contributed by atoms with van der Waals surface area (Å²) in [5.74, 6) is -0.183. The molecule has 0 bridgehead atoms. The fourth-order valence-electron chi connectivity index (χ4n) is 3.22. The van der Waals surface area contributed by atoms with Gasteiger partial charge in [-0.3, -0.25) is 24.8 Å². The lowest BCUT2D eigenvalue weighted by atomic mass is 10.1. The highest BCUT2D eigenvalue weighted by molar-refractivity contribution is 6.05. The first kappa shape index (κ1) is 18.3. The second-order valence-electron chi connectivity index (χ2n) is 6.98. The van der Waals surface area contributed by atoms with Crippen molar-refractivity contribution in [1.29, 1.82) is 0 Å². The third-order valence-electron chi connectivity index (χ3n) is 4.93. The number of nitrogens with one attached hydrogen (secondary N) is 2. The van der Waals surface area contributed by atoms with Gasteiger partial charge in [0.05, 0.1) is 18.1 Å². The average Bonchev–Trinajstić information content (AvgIpc) is 3.19. The summed E-state index contributed by atoms with van der Waals surface area (Å²) in [6.45, 7) is 5.25. The van der Waals surface area contributed by atoms with Gasteiger partial charge < -0.3 is 10.2 Å². The molecule has 3 heterocycles. The maximum Gasteiger partial charge on any atom is 0.255 e. The van der Waals surface area contributed by atoms with Crippen LogP contribution in [0.2, 0.25) is 0 Å². The predicted molar refractivity (Wildman–Crippen MR) is 107 cm³/mol. The molecular weight excluding hydrogens is 354 g/mol. The van der Waals surface area contributed by atoms with E-state index in [1.807, 2.05) is 24.3 Å². The first-order chi connectivity index (χ1) is 13.7. The van der Waals surface area contributed by atoms with Crippen LogP contribution in [0, 0.1) is 0 Å². The van der Waals surface area contributed by atoms with Crippen LogP contribution in [0.25, 0.3) is 11.4 Å². The van der Waals surface area contributed by atoms with Crippen molar-refractivity contribution in [2.75, 3.05) is 38.5 Å². The average molecular weight is 377 g/mol. The zero-order chi connectivity index (χ0) is 19.3. The van der Waals surface area contributed by atoms with Gasteiger partial charge in [-0.15, -0.1) is 0 Å². The Labute approximate surface area is 163 Å². The fraction of sp³-hybridized carbons (Fsp3) is 0.300. The van der Waals surface area contributed by atoms with Crippen molar-refractivity contribution in [2.45, 2.75) is 6.54 Å². The van der Waals surface area contributed by atoms with E-state index < -0.39 is 0 Å². The molecule has 1 aromatic carbocycles. The number of nitrogens with zero attached hydrogens (tertiary/aromatic N) is 5. The summed E-state index contributed by atoms with van der Waals surface area (Å²) < 4.78 is 0. The van der Waals surface area contributed by atoms with Gasteiger partial charge >= 0.3 is 0 Å². The topological polar surface area (TPSA) is 90.0 Å². The van der Waals surface area contributed by atoms with Gasteiger partial charge in [-0.25, -0.2) is 0 Å². The summed E-state index contributed by atoms with van der Waals surface area (Å²) in [6, 6.07) is 7.77. The lowest BCUT2D eigenvalue weighted by molar-refractivity contribution is 0.102. The van der Waals surface area contributed by atoms with E-state index in [4.69, 9.17) is 0 Å². The number of carbonyl (C=O) groups excluding carboxylic acids is 1. The molecule has 3 aromatic rings. The molecule has 1 fully saturated rings. The van der Waals surface area contributed by atoms with Crippen LogP contribution in [-0.4, -0.2) is 69.1 Å². The first-order valence-corrected chi connectivity index (χ1v) is 9.30. The van der Waals surface area contributed by atoms with Crippen LogP contribution in [0.4, 0.5) is 5.69 Å². The highest BCUT2D eigenvalue weighted by Crippen LogP contribution is 2.23. The van der Waals surface area contributed by atoms with E-state index in [1.54, 1.807) is 24.8 Å². The number of benzene rings is 1. The molecule has 8 heteroatoms. The van der Waals surface area contributed by atoms with E-state index in [0.717, 1.165) is 32.7 Å². The van der Waals surface area contributed by atoms with Gasteiger partial charge in [0.25, 0.3) is 5.91 Å². The summed E-state index contributed by atoms with van der Waals surface area (Å²) in [6.07, 6.45) is 6.39. The zero-order valence-corrected chi connectivity index (χ0v) is 15.8. The van der Waals surface area contributed by atoms with Crippen LogP contribution in [0.1, 0.15) is 15.9 Å². The van der Waals surface area contributed by atoms with Gasteiger partial charge in [0, 0.05) is 50.7 Å². The van der Waals surface area contributed by atoms with Crippen molar-refractivity contribution < 1.29 is 4.79 Å².